The molecule has 0 saturated carbocycles. The molecular weight excluding hydrogens is 601 g/mol. The van der Waals surface area contributed by atoms with Crippen LogP contribution in [0.4, 0.5) is 0 Å². The minimum atomic E-state index is 0.0637. The molecule has 0 aliphatic heterocycles. The van der Waals surface area contributed by atoms with Crippen molar-refractivity contribution in [2.45, 2.75) is 171 Å². The van der Waals surface area contributed by atoms with Gasteiger partial charge in [-0.15, -0.1) is 0 Å². The predicted octanol–water partition coefficient (Wildman–Crippen LogP) is 12.2. The van der Waals surface area contributed by atoms with Crippen LogP contribution in [0, 0.1) is 21.7 Å². The molecule has 1 aromatic carbocycles. The summed E-state index contributed by atoms with van der Waals surface area (Å²) >= 11 is 3.76. The van der Waals surface area contributed by atoms with Crippen molar-refractivity contribution < 1.29 is 10.2 Å². The molecule has 4 heteroatoms. The summed E-state index contributed by atoms with van der Waals surface area (Å²) < 4.78 is 0. The molecule has 2 N–H and O–H groups in total. The summed E-state index contributed by atoms with van der Waals surface area (Å²) in [6.07, 6.45) is 9.68. The van der Waals surface area contributed by atoms with Gasteiger partial charge in [0.15, 0.2) is 0 Å². The summed E-state index contributed by atoms with van der Waals surface area (Å²) in [7, 11) is 0. The second-order valence-corrected chi connectivity index (χ2v) is 22.5. The van der Waals surface area contributed by atoms with E-state index in [4.69, 9.17) is 10.2 Å². The van der Waals surface area contributed by atoms with Crippen LogP contribution in [-0.4, -0.2) is 46.4 Å². The van der Waals surface area contributed by atoms with E-state index in [0.29, 0.717) is 10.8 Å². The van der Waals surface area contributed by atoms with E-state index in [1.165, 1.54) is 55.2 Å². The Morgan fingerprint density at radius 2 is 0.761 bits per heavy atom. The molecule has 2 nitrogen and oxygen atoms in total. The Balaban J connectivity index is 3.24. The zero-order chi connectivity index (χ0) is 35.7. The molecule has 0 heterocycles. The number of hydrogen-bond acceptors (Lipinski definition) is 4. The zero-order valence-electron chi connectivity index (χ0n) is 33.3. The molecule has 270 valence electrons. The molecule has 0 aliphatic rings. The number of benzene rings is 1. The summed E-state index contributed by atoms with van der Waals surface area (Å²) in [5.41, 5.74) is 5.72. The molecule has 0 amide bonds. The van der Waals surface area contributed by atoms with Gasteiger partial charge >= 0.3 is 0 Å². The van der Waals surface area contributed by atoms with Crippen molar-refractivity contribution in [3.8, 4) is 0 Å². The number of thioether (sulfide) groups is 2. The number of aliphatic hydroxyl groups is 2. The van der Waals surface area contributed by atoms with Gasteiger partial charge in [0, 0.05) is 11.5 Å². The first-order valence-corrected chi connectivity index (χ1v) is 20.6. The van der Waals surface area contributed by atoms with Crippen molar-refractivity contribution in [1.82, 2.24) is 0 Å². The first kappa shape index (κ1) is 43.9. The second kappa shape index (κ2) is 17.7. The van der Waals surface area contributed by atoms with Gasteiger partial charge in [0.2, 0.25) is 0 Å². The fourth-order valence-corrected chi connectivity index (χ4v) is 10.3. The van der Waals surface area contributed by atoms with Gasteiger partial charge in [-0.05, 0) is 117 Å². The highest BCUT2D eigenvalue weighted by atomic mass is 32.2. The van der Waals surface area contributed by atoms with Crippen LogP contribution in [-0.2, 0) is 16.2 Å². The van der Waals surface area contributed by atoms with Gasteiger partial charge in [-0.3, -0.25) is 0 Å². The molecule has 1 rings (SSSR count). The SMILES string of the molecule is CC(C)(CCCSCCO)CC(C)(C)CC(C)(C)c1cc(C(C)(C)C)cc(C(C)(C)CC(C)(C)CC(C)(C)CCCSCCO)c1. The lowest BCUT2D eigenvalue weighted by Crippen LogP contribution is -2.33. The third-order valence-electron chi connectivity index (χ3n) is 9.87. The normalized spacial score (nSPS) is 14.3. The Kier molecular flexibility index (Phi) is 16.8. The lowest BCUT2D eigenvalue weighted by molar-refractivity contribution is 0.144. The Hall–Kier alpha value is -0.160. The number of aliphatic hydroxyl groups excluding tert-OH is 2. The first-order chi connectivity index (χ1) is 20.8. The van der Waals surface area contributed by atoms with E-state index in [0.717, 1.165) is 35.9 Å². The van der Waals surface area contributed by atoms with Crippen molar-refractivity contribution in [2.75, 3.05) is 36.2 Å². The van der Waals surface area contributed by atoms with Crippen molar-refractivity contribution in [2.24, 2.45) is 21.7 Å². The van der Waals surface area contributed by atoms with Crippen molar-refractivity contribution in [3.63, 3.8) is 0 Å². The van der Waals surface area contributed by atoms with Gasteiger partial charge in [-0.2, -0.15) is 23.5 Å². The molecule has 1 aromatic rings. The third-order valence-corrected chi connectivity index (χ3v) is 12.0. The lowest BCUT2D eigenvalue weighted by atomic mass is 9.62. The highest BCUT2D eigenvalue weighted by molar-refractivity contribution is 7.99. The fourth-order valence-electron chi connectivity index (χ4n) is 8.97. The minimum Gasteiger partial charge on any atom is -0.396 e. The first-order valence-electron chi connectivity index (χ1n) is 18.3. The molecule has 0 spiro atoms. The topological polar surface area (TPSA) is 40.5 Å². The lowest BCUT2D eigenvalue weighted by Gasteiger charge is -2.42. The van der Waals surface area contributed by atoms with E-state index in [1.54, 1.807) is 0 Å². The van der Waals surface area contributed by atoms with Gasteiger partial charge in [0.25, 0.3) is 0 Å². The minimum absolute atomic E-state index is 0.0637. The van der Waals surface area contributed by atoms with E-state index in [9.17, 15) is 0 Å². The van der Waals surface area contributed by atoms with Gasteiger partial charge in [-0.25, -0.2) is 0 Å². The average molecular weight is 679 g/mol. The summed E-state index contributed by atoms with van der Waals surface area (Å²) in [6.45, 7) is 37.4. The van der Waals surface area contributed by atoms with Crippen LogP contribution in [0.15, 0.2) is 18.2 Å². The van der Waals surface area contributed by atoms with Crippen LogP contribution < -0.4 is 0 Å². The quantitative estimate of drug-likeness (QED) is 0.120. The van der Waals surface area contributed by atoms with Gasteiger partial charge in [0.1, 0.15) is 0 Å². The van der Waals surface area contributed by atoms with Crippen LogP contribution in [0.2, 0.25) is 0 Å². The highest BCUT2D eigenvalue weighted by Crippen LogP contribution is 2.48. The molecule has 0 radical (unpaired) electrons. The van der Waals surface area contributed by atoms with E-state index in [-0.39, 0.29) is 40.3 Å². The van der Waals surface area contributed by atoms with E-state index < -0.39 is 0 Å². The number of rotatable bonds is 22. The van der Waals surface area contributed by atoms with Gasteiger partial charge in [-0.1, -0.05) is 122 Å². The van der Waals surface area contributed by atoms with E-state index in [1.807, 2.05) is 23.5 Å². The summed E-state index contributed by atoms with van der Waals surface area (Å²) in [4.78, 5) is 0. The van der Waals surface area contributed by atoms with Crippen LogP contribution >= 0.6 is 23.5 Å². The molecule has 0 fully saturated rings. The zero-order valence-corrected chi connectivity index (χ0v) is 35.0. The smallest absolute Gasteiger partial charge is 0.0521 e. The molecule has 46 heavy (non-hydrogen) atoms. The Morgan fingerprint density at radius 3 is 1.07 bits per heavy atom. The van der Waals surface area contributed by atoms with Crippen molar-refractivity contribution in [3.05, 3.63) is 34.9 Å². The summed E-state index contributed by atoms with van der Waals surface area (Å²) in [5, 5.41) is 18.2. The van der Waals surface area contributed by atoms with Crippen LogP contribution in [0.5, 0.6) is 0 Å². The molecule has 0 saturated heterocycles. The monoisotopic (exact) mass is 679 g/mol. The second-order valence-electron chi connectivity index (χ2n) is 20.1. The van der Waals surface area contributed by atoms with E-state index in [2.05, 4.69) is 122 Å². The van der Waals surface area contributed by atoms with Gasteiger partial charge < -0.3 is 10.2 Å². The largest absolute Gasteiger partial charge is 0.396 e. The van der Waals surface area contributed by atoms with Crippen molar-refractivity contribution >= 4 is 23.5 Å². The average Bonchev–Trinajstić information content (AvgIpc) is 2.84. The standard InChI is InChI=1S/C42H78O2S2/c1-36(2,3)33-26-34(41(12,13)31-39(8,9)29-37(4,5)18-16-22-45-24-20-43)28-35(27-33)42(14,15)32-40(10,11)30-38(6,7)19-17-23-46-25-21-44/h26-28,43-44H,16-25,29-32H2,1-15H3. The maximum atomic E-state index is 9.11. The Bertz CT molecular complexity index is 954. The van der Waals surface area contributed by atoms with Crippen molar-refractivity contribution in [1.29, 1.82) is 0 Å². The van der Waals surface area contributed by atoms with E-state index >= 15 is 0 Å². The predicted molar refractivity (Wildman–Crippen MR) is 212 cm³/mol. The summed E-state index contributed by atoms with van der Waals surface area (Å²) in [6, 6.07) is 7.64. The van der Waals surface area contributed by atoms with Gasteiger partial charge in [0.05, 0.1) is 13.2 Å². The van der Waals surface area contributed by atoms with Crippen LogP contribution in [0.3, 0.4) is 0 Å². The fraction of sp³-hybridized carbons (Fsp3) is 0.857. The molecule has 0 bridgehead atoms. The summed E-state index contributed by atoms with van der Waals surface area (Å²) in [5.74, 6) is 4.00. The molecule has 0 aromatic heterocycles. The van der Waals surface area contributed by atoms with Crippen LogP contribution in [0.25, 0.3) is 0 Å². The Morgan fingerprint density at radius 1 is 0.435 bits per heavy atom. The number of hydrogen-bond donors (Lipinski definition) is 2. The molecule has 0 unspecified atom stereocenters. The molecule has 0 atom stereocenters. The molecule has 0 aliphatic carbocycles. The highest BCUT2D eigenvalue weighted by Gasteiger charge is 2.38. The molecular formula is C42H78O2S2. The van der Waals surface area contributed by atoms with Crippen LogP contribution in [0.1, 0.15) is 172 Å². The maximum absolute atomic E-state index is 9.11. The Labute approximate surface area is 296 Å². The third kappa shape index (κ3) is 16.5. The maximum Gasteiger partial charge on any atom is 0.0521 e.